The number of hydrazine groups is 1. The van der Waals surface area contributed by atoms with Crippen LogP contribution in [-0.2, 0) is 27.4 Å². The maximum atomic E-state index is 13.9. The molecule has 2 heterocycles. The number of rotatable bonds is 11. The fraction of sp³-hybridized carbons (Fsp3) is 0.419. The number of benzene rings is 2. The number of methoxy groups -OCH3 is 1. The van der Waals surface area contributed by atoms with E-state index in [1.807, 2.05) is 55.5 Å². The van der Waals surface area contributed by atoms with Crippen molar-refractivity contribution in [3.63, 3.8) is 0 Å². The van der Waals surface area contributed by atoms with Gasteiger partial charge in [0.05, 0.1) is 20.2 Å². The van der Waals surface area contributed by atoms with Gasteiger partial charge in [-0.25, -0.2) is 19.6 Å². The predicted molar refractivity (Wildman–Crippen MR) is 159 cm³/mol. The molecule has 0 bridgehead atoms. The summed E-state index contributed by atoms with van der Waals surface area (Å²) >= 11 is 0. The molecule has 0 unspecified atom stereocenters. The smallest absolute Gasteiger partial charge is 0.407 e. The molecule has 2 atom stereocenters. The molecule has 230 valence electrons. The molecular formula is C31H40N6O6. The van der Waals surface area contributed by atoms with Crippen molar-refractivity contribution in [2.45, 2.75) is 45.1 Å². The molecule has 2 aromatic rings. The monoisotopic (exact) mass is 592 g/mol. The molecule has 5 amide bonds. The molecule has 0 aliphatic carbocycles. The second-order valence-electron chi connectivity index (χ2n) is 10.6. The first-order chi connectivity index (χ1) is 20.7. The highest BCUT2D eigenvalue weighted by molar-refractivity contribution is 5.91. The molecule has 2 aliphatic heterocycles. The van der Waals surface area contributed by atoms with Crippen LogP contribution in [0.3, 0.4) is 0 Å². The van der Waals surface area contributed by atoms with Crippen LogP contribution in [0, 0.1) is 6.92 Å². The second-order valence-corrected chi connectivity index (χ2v) is 10.6. The number of hydrogen-bond acceptors (Lipinski definition) is 7. The summed E-state index contributed by atoms with van der Waals surface area (Å²) in [7, 11) is 3.28. The first kappa shape index (κ1) is 31.4. The van der Waals surface area contributed by atoms with Crippen LogP contribution in [0.4, 0.5) is 9.59 Å². The van der Waals surface area contributed by atoms with E-state index in [1.165, 1.54) is 16.0 Å². The minimum Gasteiger partial charge on any atom is -0.497 e. The van der Waals surface area contributed by atoms with Crippen LogP contribution in [0.5, 0.6) is 5.75 Å². The molecule has 43 heavy (non-hydrogen) atoms. The molecule has 0 saturated carbocycles. The minimum atomic E-state index is -0.798. The number of carbonyl (C=O) groups is 4. The Bertz CT molecular complexity index is 1300. The van der Waals surface area contributed by atoms with Gasteiger partial charge in [-0.2, -0.15) is 0 Å². The van der Waals surface area contributed by atoms with Gasteiger partial charge in [0, 0.05) is 26.7 Å². The van der Waals surface area contributed by atoms with Crippen LogP contribution in [0.2, 0.25) is 0 Å². The van der Waals surface area contributed by atoms with Crippen LogP contribution < -0.4 is 15.4 Å². The third kappa shape index (κ3) is 7.83. The number of amides is 5. The third-order valence-electron chi connectivity index (χ3n) is 7.50. The van der Waals surface area contributed by atoms with Gasteiger partial charge in [0.1, 0.15) is 24.6 Å². The van der Waals surface area contributed by atoms with Crippen molar-refractivity contribution in [3.05, 3.63) is 77.9 Å². The maximum absolute atomic E-state index is 13.9. The highest BCUT2D eigenvalue weighted by atomic mass is 16.5. The molecule has 2 saturated heterocycles. The second kappa shape index (κ2) is 14.5. The number of carbonyl (C=O) groups excluding carboxylic acids is 4. The lowest BCUT2D eigenvalue weighted by molar-refractivity contribution is -0.188. The Balaban J connectivity index is 1.53. The molecule has 0 spiro atoms. The Morgan fingerprint density at radius 1 is 1.05 bits per heavy atom. The summed E-state index contributed by atoms with van der Waals surface area (Å²) in [6.45, 7) is 6.58. The quantitative estimate of drug-likeness (QED) is 0.304. The van der Waals surface area contributed by atoms with Gasteiger partial charge in [0.25, 0.3) is 0 Å². The van der Waals surface area contributed by atoms with Crippen molar-refractivity contribution < 1.29 is 28.7 Å². The number of fused-ring (bicyclic) bond motifs is 1. The van der Waals surface area contributed by atoms with Crippen molar-refractivity contribution in [2.75, 3.05) is 40.4 Å². The van der Waals surface area contributed by atoms with Crippen LogP contribution in [-0.4, -0.2) is 96.4 Å². The van der Waals surface area contributed by atoms with Crippen molar-refractivity contribution >= 4 is 23.9 Å². The SMILES string of the molecule is C=CCOC(=O)NCCC[C@H]1C(=O)N(Cc2ccc(C)cc2)C[C@H]2N1C(=O)CN(C)N2C(=O)NCc1ccc(OC)cc1. The average molecular weight is 593 g/mol. The van der Waals surface area contributed by atoms with Crippen LogP contribution in [0.1, 0.15) is 29.5 Å². The minimum absolute atomic E-state index is 0.0552. The van der Waals surface area contributed by atoms with Gasteiger partial charge in [-0.15, -0.1) is 0 Å². The van der Waals surface area contributed by atoms with E-state index in [9.17, 15) is 19.2 Å². The highest BCUT2D eigenvalue weighted by Gasteiger charge is 2.50. The third-order valence-corrected chi connectivity index (χ3v) is 7.50. The van der Waals surface area contributed by atoms with E-state index in [1.54, 1.807) is 24.1 Å². The number of hydrogen-bond donors (Lipinski definition) is 2. The molecule has 2 N–H and O–H groups in total. The molecule has 0 aromatic heterocycles. The van der Waals surface area contributed by atoms with E-state index < -0.39 is 18.3 Å². The number of aryl methyl sites for hydroxylation is 1. The first-order valence-corrected chi connectivity index (χ1v) is 14.3. The van der Waals surface area contributed by atoms with E-state index in [0.717, 1.165) is 22.4 Å². The molecular weight excluding hydrogens is 552 g/mol. The topological polar surface area (TPSA) is 124 Å². The predicted octanol–water partition coefficient (Wildman–Crippen LogP) is 2.63. The number of nitrogens with zero attached hydrogens (tertiary/aromatic N) is 4. The Kier molecular flexibility index (Phi) is 10.6. The van der Waals surface area contributed by atoms with Crippen LogP contribution >= 0.6 is 0 Å². The van der Waals surface area contributed by atoms with E-state index in [2.05, 4.69) is 17.2 Å². The highest BCUT2D eigenvalue weighted by Crippen LogP contribution is 2.29. The van der Waals surface area contributed by atoms with Crippen LogP contribution in [0.25, 0.3) is 0 Å². The molecule has 12 heteroatoms. The van der Waals surface area contributed by atoms with Crippen molar-refractivity contribution in [1.82, 2.24) is 30.5 Å². The Morgan fingerprint density at radius 2 is 1.74 bits per heavy atom. The lowest BCUT2D eigenvalue weighted by atomic mass is 10.0. The van der Waals surface area contributed by atoms with Gasteiger partial charge in [0.15, 0.2) is 0 Å². The van der Waals surface area contributed by atoms with E-state index in [0.29, 0.717) is 19.4 Å². The summed E-state index contributed by atoms with van der Waals surface area (Å²) in [6.07, 6.45) is 0.914. The molecule has 2 aliphatic rings. The lowest BCUT2D eigenvalue weighted by Crippen LogP contribution is -2.75. The summed E-state index contributed by atoms with van der Waals surface area (Å²) in [5, 5.41) is 8.74. The molecule has 4 rings (SSSR count). The summed E-state index contributed by atoms with van der Waals surface area (Å²) in [5.74, 6) is 0.288. The normalized spacial score (nSPS) is 18.6. The summed E-state index contributed by atoms with van der Waals surface area (Å²) in [4.78, 5) is 56.0. The number of ether oxygens (including phenoxy) is 2. The summed E-state index contributed by atoms with van der Waals surface area (Å²) in [5.41, 5.74) is 2.94. The van der Waals surface area contributed by atoms with Gasteiger partial charge in [0.2, 0.25) is 11.8 Å². The van der Waals surface area contributed by atoms with Crippen molar-refractivity contribution in [1.29, 1.82) is 0 Å². The number of piperazine rings is 1. The Labute approximate surface area is 252 Å². The summed E-state index contributed by atoms with van der Waals surface area (Å²) in [6, 6.07) is 14.1. The number of alkyl carbamates (subject to hydrolysis) is 1. The van der Waals surface area contributed by atoms with Gasteiger partial charge in [-0.3, -0.25) is 9.59 Å². The van der Waals surface area contributed by atoms with E-state index >= 15 is 0 Å². The van der Waals surface area contributed by atoms with Crippen LogP contribution in [0.15, 0.2) is 61.2 Å². The van der Waals surface area contributed by atoms with Crippen molar-refractivity contribution in [3.8, 4) is 5.75 Å². The summed E-state index contributed by atoms with van der Waals surface area (Å²) < 4.78 is 10.2. The first-order valence-electron chi connectivity index (χ1n) is 14.3. The molecule has 12 nitrogen and oxygen atoms in total. The fourth-order valence-corrected chi connectivity index (χ4v) is 5.31. The average Bonchev–Trinajstić information content (AvgIpc) is 3.00. The molecule has 0 radical (unpaired) electrons. The zero-order valence-corrected chi connectivity index (χ0v) is 25.0. The van der Waals surface area contributed by atoms with Gasteiger partial charge >= 0.3 is 12.1 Å². The number of likely N-dealkylation sites (N-methyl/N-ethyl adjacent to an activating group) is 1. The van der Waals surface area contributed by atoms with Gasteiger partial charge in [-0.1, -0.05) is 54.6 Å². The number of nitrogens with one attached hydrogen (secondary N) is 2. The van der Waals surface area contributed by atoms with Crippen molar-refractivity contribution in [2.24, 2.45) is 0 Å². The maximum Gasteiger partial charge on any atom is 0.407 e. The van der Waals surface area contributed by atoms with Gasteiger partial charge in [-0.05, 0) is 43.0 Å². The Morgan fingerprint density at radius 3 is 2.42 bits per heavy atom. The zero-order valence-electron chi connectivity index (χ0n) is 25.0. The van der Waals surface area contributed by atoms with Gasteiger partial charge < -0.3 is 29.9 Å². The largest absolute Gasteiger partial charge is 0.497 e. The van der Waals surface area contributed by atoms with E-state index in [4.69, 9.17) is 9.47 Å². The molecule has 2 aromatic carbocycles. The van der Waals surface area contributed by atoms with E-state index in [-0.39, 0.29) is 50.6 Å². The lowest BCUT2D eigenvalue weighted by Gasteiger charge is -2.54. The number of urea groups is 1. The molecule has 2 fully saturated rings. The standard InChI is InChI=1S/C31H40N6O6/c1-5-17-43-31(41)32-16-6-7-26-29(39)35(19-24-10-8-22(2)9-11-24)20-27-36(26)28(38)21-34(3)37(27)30(40)33-18-23-12-14-25(42-4)15-13-23/h5,8-15,26-27H,1,6-7,16-21H2,2-4H3,(H,32,41)(H,33,40)/t26-,27-/m0/s1. The zero-order chi connectivity index (χ0) is 30.9. The fourth-order valence-electron chi connectivity index (χ4n) is 5.31. The Hall–Kier alpha value is -4.58.